The number of carboxylic acid groups (broad SMARTS) is 1. The Morgan fingerprint density at radius 3 is 2.50 bits per heavy atom. The van der Waals surface area contributed by atoms with E-state index in [-0.39, 0.29) is 19.0 Å². The van der Waals surface area contributed by atoms with Gasteiger partial charge < -0.3 is 10.4 Å². The van der Waals surface area contributed by atoms with Gasteiger partial charge in [-0.15, -0.1) is 11.3 Å². The van der Waals surface area contributed by atoms with E-state index in [2.05, 4.69) is 27.7 Å². The van der Waals surface area contributed by atoms with Crippen LogP contribution in [0.5, 0.6) is 0 Å². The van der Waals surface area contributed by atoms with Gasteiger partial charge in [0.15, 0.2) is 0 Å². The second-order valence-electron chi connectivity index (χ2n) is 6.23. The summed E-state index contributed by atoms with van der Waals surface area (Å²) < 4.78 is 0. The van der Waals surface area contributed by atoms with E-state index in [9.17, 15) is 9.59 Å². The Bertz CT molecular complexity index is 742. The Kier molecular flexibility index (Phi) is 6.32. The zero-order chi connectivity index (χ0) is 18.4. The van der Waals surface area contributed by atoms with E-state index >= 15 is 0 Å². The number of nitrogens with zero attached hydrogens (tertiary/aromatic N) is 3. The van der Waals surface area contributed by atoms with Gasteiger partial charge in [0.1, 0.15) is 11.6 Å². The van der Waals surface area contributed by atoms with Crippen LogP contribution in [0.3, 0.4) is 0 Å². The van der Waals surface area contributed by atoms with Crippen molar-refractivity contribution in [3.63, 3.8) is 0 Å². The topological polar surface area (TPSA) is 85.8 Å². The molecule has 2 N–H and O–H groups in total. The van der Waals surface area contributed by atoms with Gasteiger partial charge in [0.2, 0.25) is 5.91 Å². The second-order valence-corrected chi connectivity index (χ2v) is 7.09. The molecule has 7 nitrogen and oxygen atoms in total. The second kappa shape index (κ2) is 8.88. The van der Waals surface area contributed by atoms with Crippen molar-refractivity contribution in [1.29, 1.82) is 0 Å². The molecule has 1 fully saturated rings. The number of thiazole rings is 1. The molecule has 0 spiro atoms. The predicted molar refractivity (Wildman–Crippen MR) is 99.9 cm³/mol. The van der Waals surface area contributed by atoms with Gasteiger partial charge in [-0.3, -0.25) is 19.4 Å². The normalized spacial score (nSPS) is 15.7. The van der Waals surface area contributed by atoms with Crippen molar-refractivity contribution >= 4 is 23.2 Å². The van der Waals surface area contributed by atoms with E-state index < -0.39 is 5.97 Å². The molecule has 3 rings (SSSR count). The van der Waals surface area contributed by atoms with Gasteiger partial charge in [0.05, 0.1) is 12.2 Å². The molecule has 0 saturated carbocycles. The molecule has 0 radical (unpaired) electrons. The van der Waals surface area contributed by atoms with Crippen molar-refractivity contribution in [3.8, 4) is 10.6 Å². The zero-order valence-corrected chi connectivity index (χ0v) is 15.2. The number of rotatable bonds is 7. The Hall–Kier alpha value is -2.29. The molecule has 1 amide bonds. The van der Waals surface area contributed by atoms with Crippen LogP contribution in [0.15, 0.2) is 35.7 Å². The number of nitrogens with one attached hydrogen (secondary N) is 1. The lowest BCUT2D eigenvalue weighted by Crippen LogP contribution is -2.49. The molecule has 0 bridgehead atoms. The molecule has 2 aromatic rings. The van der Waals surface area contributed by atoms with Crippen LogP contribution in [0.4, 0.5) is 0 Å². The summed E-state index contributed by atoms with van der Waals surface area (Å²) in [6.45, 7) is 4.03. The standard InChI is InChI=1S/C18H22N4O3S/c23-16(19-10-17(24)25)12-22-8-6-21(7-9-22)11-15-13-26-18(20-15)14-4-2-1-3-5-14/h1-5,13H,6-12H2,(H,19,23)(H,24,25). The number of aromatic nitrogens is 1. The highest BCUT2D eigenvalue weighted by molar-refractivity contribution is 7.13. The summed E-state index contributed by atoms with van der Waals surface area (Å²) in [6, 6.07) is 10.2. The van der Waals surface area contributed by atoms with Crippen LogP contribution in [-0.2, 0) is 16.1 Å². The summed E-state index contributed by atoms with van der Waals surface area (Å²) >= 11 is 1.66. The fourth-order valence-corrected chi connectivity index (χ4v) is 3.68. The molecule has 8 heteroatoms. The van der Waals surface area contributed by atoms with Crippen LogP contribution >= 0.6 is 11.3 Å². The van der Waals surface area contributed by atoms with E-state index in [4.69, 9.17) is 10.1 Å². The van der Waals surface area contributed by atoms with Crippen molar-refractivity contribution in [1.82, 2.24) is 20.1 Å². The van der Waals surface area contributed by atoms with Gasteiger partial charge in [-0.1, -0.05) is 30.3 Å². The number of hydrogen-bond acceptors (Lipinski definition) is 6. The first-order valence-electron chi connectivity index (χ1n) is 8.53. The van der Waals surface area contributed by atoms with Crippen molar-refractivity contribution in [3.05, 3.63) is 41.4 Å². The molecule has 1 aromatic carbocycles. The van der Waals surface area contributed by atoms with Crippen LogP contribution in [0.25, 0.3) is 10.6 Å². The zero-order valence-electron chi connectivity index (χ0n) is 14.4. The van der Waals surface area contributed by atoms with E-state index in [0.29, 0.717) is 0 Å². The molecule has 2 heterocycles. The number of aliphatic carboxylic acids is 1. The van der Waals surface area contributed by atoms with Crippen molar-refractivity contribution in [2.45, 2.75) is 6.54 Å². The summed E-state index contributed by atoms with van der Waals surface area (Å²) in [7, 11) is 0. The molecule has 1 aromatic heterocycles. The smallest absolute Gasteiger partial charge is 0.322 e. The van der Waals surface area contributed by atoms with Crippen LogP contribution < -0.4 is 5.32 Å². The Balaban J connectivity index is 1.44. The summed E-state index contributed by atoms with van der Waals surface area (Å²) in [5.74, 6) is -1.27. The minimum Gasteiger partial charge on any atom is -0.480 e. The van der Waals surface area contributed by atoms with Gasteiger partial charge in [-0.05, 0) is 0 Å². The van der Waals surface area contributed by atoms with Crippen LogP contribution in [0, 0.1) is 0 Å². The lowest BCUT2D eigenvalue weighted by molar-refractivity contribution is -0.138. The summed E-state index contributed by atoms with van der Waals surface area (Å²) in [4.78, 5) is 31.3. The van der Waals surface area contributed by atoms with Crippen LogP contribution in [0.2, 0.25) is 0 Å². The fourth-order valence-electron chi connectivity index (χ4n) is 2.86. The molecule has 0 atom stereocenters. The lowest BCUT2D eigenvalue weighted by atomic mass is 10.2. The molecule has 0 aliphatic carbocycles. The molecule has 138 valence electrons. The maximum absolute atomic E-state index is 11.7. The Morgan fingerprint density at radius 2 is 1.81 bits per heavy atom. The Labute approximate surface area is 156 Å². The van der Waals surface area contributed by atoms with Crippen LogP contribution in [-0.4, -0.2) is 71.0 Å². The first-order chi connectivity index (χ1) is 12.6. The number of carbonyl (C=O) groups excluding carboxylic acids is 1. The highest BCUT2D eigenvalue weighted by Crippen LogP contribution is 2.24. The third-order valence-corrected chi connectivity index (χ3v) is 5.17. The molecule has 0 unspecified atom stereocenters. The summed E-state index contributed by atoms with van der Waals surface area (Å²) in [6.07, 6.45) is 0. The first kappa shape index (κ1) is 18.5. The summed E-state index contributed by atoms with van der Waals surface area (Å²) in [5.41, 5.74) is 2.21. The minimum absolute atomic E-state index is 0.243. The maximum atomic E-state index is 11.7. The number of benzene rings is 1. The maximum Gasteiger partial charge on any atom is 0.322 e. The number of hydrogen-bond donors (Lipinski definition) is 2. The van der Waals surface area contributed by atoms with Crippen molar-refractivity contribution in [2.75, 3.05) is 39.3 Å². The highest BCUT2D eigenvalue weighted by Gasteiger charge is 2.20. The SMILES string of the molecule is O=C(O)CNC(=O)CN1CCN(Cc2csc(-c3ccccc3)n2)CC1. The minimum atomic E-state index is -1.03. The third kappa shape index (κ3) is 5.35. The molecular weight excluding hydrogens is 352 g/mol. The van der Waals surface area contributed by atoms with E-state index in [0.717, 1.165) is 49.0 Å². The van der Waals surface area contributed by atoms with E-state index in [1.54, 1.807) is 11.3 Å². The lowest BCUT2D eigenvalue weighted by Gasteiger charge is -2.33. The van der Waals surface area contributed by atoms with Crippen molar-refractivity contribution < 1.29 is 14.7 Å². The average Bonchev–Trinajstić information content (AvgIpc) is 3.11. The van der Waals surface area contributed by atoms with Gasteiger partial charge in [0, 0.05) is 43.7 Å². The highest BCUT2D eigenvalue weighted by atomic mass is 32.1. The Morgan fingerprint density at radius 1 is 1.12 bits per heavy atom. The number of amides is 1. The number of carboxylic acids is 1. The first-order valence-corrected chi connectivity index (χ1v) is 9.41. The quantitative estimate of drug-likeness (QED) is 0.756. The third-order valence-electron chi connectivity index (χ3n) is 4.23. The molecule has 1 aliphatic rings. The monoisotopic (exact) mass is 374 g/mol. The van der Waals surface area contributed by atoms with Gasteiger partial charge in [-0.25, -0.2) is 4.98 Å². The van der Waals surface area contributed by atoms with E-state index in [1.165, 1.54) is 0 Å². The van der Waals surface area contributed by atoms with Gasteiger partial charge >= 0.3 is 5.97 Å². The number of carbonyl (C=O) groups is 2. The molecule has 1 saturated heterocycles. The predicted octanol–water partition coefficient (Wildman–Crippen LogP) is 1.13. The number of piperazine rings is 1. The summed E-state index contributed by atoms with van der Waals surface area (Å²) in [5, 5.41) is 14.1. The fraction of sp³-hybridized carbons (Fsp3) is 0.389. The van der Waals surface area contributed by atoms with E-state index in [1.807, 2.05) is 23.1 Å². The largest absolute Gasteiger partial charge is 0.480 e. The van der Waals surface area contributed by atoms with Crippen LogP contribution in [0.1, 0.15) is 5.69 Å². The average molecular weight is 374 g/mol. The van der Waals surface area contributed by atoms with Gasteiger partial charge in [-0.2, -0.15) is 0 Å². The molecule has 26 heavy (non-hydrogen) atoms. The molecular formula is C18H22N4O3S. The molecule has 1 aliphatic heterocycles. The van der Waals surface area contributed by atoms with Gasteiger partial charge in [0.25, 0.3) is 0 Å². The van der Waals surface area contributed by atoms with Crippen molar-refractivity contribution in [2.24, 2.45) is 0 Å².